The molecule has 0 fully saturated rings. The number of aromatic nitrogens is 4. The zero-order valence-corrected chi connectivity index (χ0v) is 14.1. The normalized spacial score (nSPS) is 10.5. The van der Waals surface area contributed by atoms with Gasteiger partial charge in [-0.15, -0.1) is 10.2 Å². The lowest BCUT2D eigenvalue weighted by atomic mass is 10.2. The van der Waals surface area contributed by atoms with E-state index >= 15 is 0 Å². The quantitative estimate of drug-likeness (QED) is 0.288. The van der Waals surface area contributed by atoms with Crippen LogP contribution in [0.15, 0.2) is 53.9 Å². The first-order valence-electron chi connectivity index (χ1n) is 7.32. The lowest BCUT2D eigenvalue weighted by Crippen LogP contribution is -2.16. The first-order chi connectivity index (χ1) is 12.5. The molecule has 0 radical (unpaired) electrons. The van der Waals surface area contributed by atoms with Crippen LogP contribution < -0.4 is 11.2 Å². The average Bonchev–Trinajstić information content (AvgIpc) is 3.02. The first kappa shape index (κ1) is 17.4. The number of benzene rings is 1. The van der Waals surface area contributed by atoms with Gasteiger partial charge in [0.2, 0.25) is 11.1 Å². The standard InChI is InChI=1S/C15H13N7O3S/c16-21-14(10-5-7-17-8-6-10)19-20-15(21)26-9-13(23)18-11-1-3-12(4-2-11)22(24)25/h1-8H,9,16H2,(H,18,23). The van der Waals surface area contributed by atoms with Crippen LogP contribution >= 0.6 is 11.8 Å². The molecule has 0 bridgehead atoms. The Morgan fingerprint density at radius 2 is 1.88 bits per heavy atom. The Balaban J connectivity index is 1.60. The number of rotatable bonds is 6. The lowest BCUT2D eigenvalue weighted by Gasteiger charge is -2.05. The molecular weight excluding hydrogens is 358 g/mol. The third-order valence-corrected chi connectivity index (χ3v) is 4.24. The first-order valence-corrected chi connectivity index (χ1v) is 8.31. The molecule has 0 aliphatic heterocycles. The van der Waals surface area contributed by atoms with Crippen LogP contribution in [0, 0.1) is 10.1 Å². The monoisotopic (exact) mass is 371 g/mol. The van der Waals surface area contributed by atoms with Crippen molar-refractivity contribution in [2.24, 2.45) is 0 Å². The smallest absolute Gasteiger partial charge is 0.269 e. The minimum Gasteiger partial charge on any atom is -0.335 e. The van der Waals surface area contributed by atoms with Gasteiger partial charge in [-0.3, -0.25) is 19.9 Å². The molecule has 132 valence electrons. The Hall–Kier alpha value is -3.47. The number of pyridine rings is 1. The fourth-order valence-electron chi connectivity index (χ4n) is 2.07. The molecule has 26 heavy (non-hydrogen) atoms. The molecule has 0 spiro atoms. The van der Waals surface area contributed by atoms with Gasteiger partial charge in [0.25, 0.3) is 5.69 Å². The van der Waals surface area contributed by atoms with Crippen molar-refractivity contribution >= 4 is 29.0 Å². The van der Waals surface area contributed by atoms with Gasteiger partial charge in [0.15, 0.2) is 5.82 Å². The summed E-state index contributed by atoms with van der Waals surface area (Å²) in [5.41, 5.74) is 1.18. The number of hydrogen-bond acceptors (Lipinski definition) is 8. The van der Waals surface area contributed by atoms with E-state index < -0.39 is 4.92 Å². The van der Waals surface area contributed by atoms with Gasteiger partial charge in [-0.2, -0.15) is 0 Å². The summed E-state index contributed by atoms with van der Waals surface area (Å²) >= 11 is 1.13. The zero-order chi connectivity index (χ0) is 18.5. The van der Waals surface area contributed by atoms with Crippen LogP contribution in [0.2, 0.25) is 0 Å². The molecule has 3 aromatic rings. The van der Waals surface area contributed by atoms with Gasteiger partial charge in [-0.1, -0.05) is 11.8 Å². The van der Waals surface area contributed by atoms with Crippen molar-refractivity contribution in [1.29, 1.82) is 0 Å². The second-order valence-corrected chi connectivity index (χ2v) is 6.00. The molecule has 10 nitrogen and oxygen atoms in total. The molecule has 3 rings (SSSR count). The predicted molar refractivity (Wildman–Crippen MR) is 95.9 cm³/mol. The third-order valence-electron chi connectivity index (χ3n) is 3.30. The molecule has 0 atom stereocenters. The molecule has 0 aliphatic rings. The van der Waals surface area contributed by atoms with Crippen LogP contribution in [0.3, 0.4) is 0 Å². The van der Waals surface area contributed by atoms with E-state index in [9.17, 15) is 14.9 Å². The van der Waals surface area contributed by atoms with Gasteiger partial charge in [0.05, 0.1) is 10.7 Å². The Kier molecular flexibility index (Phi) is 5.08. The molecule has 2 heterocycles. The van der Waals surface area contributed by atoms with Gasteiger partial charge in [0, 0.05) is 35.8 Å². The van der Waals surface area contributed by atoms with Gasteiger partial charge in [-0.25, -0.2) is 4.68 Å². The fourth-order valence-corrected chi connectivity index (χ4v) is 2.72. The number of nitro groups is 1. The summed E-state index contributed by atoms with van der Waals surface area (Å²) in [7, 11) is 0. The maximum Gasteiger partial charge on any atom is 0.269 e. The molecule has 0 saturated carbocycles. The van der Waals surface area contributed by atoms with Crippen molar-refractivity contribution in [3.63, 3.8) is 0 Å². The summed E-state index contributed by atoms with van der Waals surface area (Å²) in [6, 6.07) is 9.08. The maximum absolute atomic E-state index is 12.0. The molecule has 0 aliphatic carbocycles. The van der Waals surface area contributed by atoms with Gasteiger partial charge in [-0.05, 0) is 24.3 Å². The summed E-state index contributed by atoms with van der Waals surface area (Å²) in [5, 5.41) is 21.6. The molecule has 1 aromatic carbocycles. The average molecular weight is 371 g/mol. The Bertz CT molecular complexity index is 928. The Labute approximate surface area is 151 Å². The number of hydrogen-bond donors (Lipinski definition) is 2. The van der Waals surface area contributed by atoms with Crippen molar-refractivity contribution in [1.82, 2.24) is 19.9 Å². The molecular formula is C15H13N7O3S. The van der Waals surface area contributed by atoms with Crippen LogP contribution in [0.1, 0.15) is 0 Å². The van der Waals surface area contributed by atoms with Crippen LogP contribution in [-0.2, 0) is 4.79 Å². The Morgan fingerprint density at radius 1 is 1.19 bits per heavy atom. The molecule has 1 amide bonds. The fraction of sp³-hybridized carbons (Fsp3) is 0.0667. The number of nitrogens with zero attached hydrogens (tertiary/aromatic N) is 5. The summed E-state index contributed by atoms with van der Waals surface area (Å²) in [4.78, 5) is 26.1. The number of amides is 1. The second-order valence-electron chi connectivity index (χ2n) is 5.05. The summed E-state index contributed by atoms with van der Waals surface area (Å²) in [6.45, 7) is 0. The Morgan fingerprint density at radius 3 is 2.54 bits per heavy atom. The van der Waals surface area contributed by atoms with Crippen molar-refractivity contribution in [2.45, 2.75) is 5.16 Å². The number of carbonyl (C=O) groups excluding carboxylic acids is 1. The summed E-state index contributed by atoms with van der Waals surface area (Å²) < 4.78 is 1.30. The zero-order valence-electron chi connectivity index (χ0n) is 13.3. The molecule has 0 unspecified atom stereocenters. The summed E-state index contributed by atoms with van der Waals surface area (Å²) in [6.07, 6.45) is 3.24. The molecule has 0 saturated heterocycles. The largest absolute Gasteiger partial charge is 0.335 e. The number of nitrogen functional groups attached to an aromatic ring is 1. The van der Waals surface area contributed by atoms with Crippen LogP contribution in [0.4, 0.5) is 11.4 Å². The highest BCUT2D eigenvalue weighted by Crippen LogP contribution is 2.21. The van der Waals surface area contributed by atoms with E-state index in [1.807, 2.05) is 0 Å². The topological polar surface area (TPSA) is 142 Å². The van der Waals surface area contributed by atoms with Crippen LogP contribution in [0.25, 0.3) is 11.4 Å². The number of nitrogens with one attached hydrogen (secondary N) is 1. The van der Waals surface area contributed by atoms with Crippen molar-refractivity contribution in [3.05, 3.63) is 58.9 Å². The van der Waals surface area contributed by atoms with Crippen molar-refractivity contribution in [3.8, 4) is 11.4 Å². The third kappa shape index (κ3) is 3.95. The number of nitrogens with two attached hydrogens (primary N) is 1. The van der Waals surface area contributed by atoms with Gasteiger partial charge >= 0.3 is 0 Å². The number of carbonyl (C=O) groups is 1. The number of non-ortho nitro benzene ring substituents is 1. The highest BCUT2D eigenvalue weighted by atomic mass is 32.2. The van der Waals surface area contributed by atoms with E-state index in [0.717, 1.165) is 17.3 Å². The van der Waals surface area contributed by atoms with E-state index in [2.05, 4.69) is 20.5 Å². The van der Waals surface area contributed by atoms with E-state index in [1.54, 1.807) is 24.5 Å². The number of nitro benzene ring substituents is 1. The molecule has 11 heteroatoms. The lowest BCUT2D eigenvalue weighted by molar-refractivity contribution is -0.384. The minimum atomic E-state index is -0.504. The highest BCUT2D eigenvalue weighted by Gasteiger charge is 2.14. The second kappa shape index (κ2) is 7.61. The van der Waals surface area contributed by atoms with Crippen LogP contribution in [-0.4, -0.2) is 36.4 Å². The van der Waals surface area contributed by atoms with Gasteiger partial charge < -0.3 is 11.2 Å². The van der Waals surface area contributed by atoms with E-state index in [4.69, 9.17) is 5.84 Å². The number of thioether (sulfide) groups is 1. The summed E-state index contributed by atoms with van der Waals surface area (Å²) in [5.74, 6) is 6.20. The van der Waals surface area contributed by atoms with Crippen molar-refractivity contribution < 1.29 is 9.72 Å². The SMILES string of the molecule is Nn1c(SCC(=O)Nc2ccc([N+](=O)[O-])cc2)nnc1-c1ccncc1. The van der Waals surface area contributed by atoms with Crippen LogP contribution in [0.5, 0.6) is 0 Å². The van der Waals surface area contributed by atoms with E-state index in [1.165, 1.54) is 28.9 Å². The molecule has 2 aromatic heterocycles. The molecule has 3 N–H and O–H groups in total. The number of anilines is 1. The van der Waals surface area contributed by atoms with Gasteiger partial charge in [0.1, 0.15) is 0 Å². The minimum absolute atomic E-state index is 0.0442. The van der Waals surface area contributed by atoms with E-state index in [-0.39, 0.29) is 17.3 Å². The predicted octanol–water partition coefficient (Wildman–Crippen LogP) is 1.69. The maximum atomic E-state index is 12.0. The highest BCUT2D eigenvalue weighted by molar-refractivity contribution is 7.99. The van der Waals surface area contributed by atoms with Crippen molar-refractivity contribution in [2.75, 3.05) is 16.9 Å². The van der Waals surface area contributed by atoms with E-state index in [0.29, 0.717) is 16.7 Å².